The van der Waals surface area contributed by atoms with Gasteiger partial charge < -0.3 is 11.1 Å². The summed E-state index contributed by atoms with van der Waals surface area (Å²) >= 11 is 0. The Kier molecular flexibility index (Phi) is 5.78. The molecule has 1 unspecified atom stereocenters. The number of piperidine rings is 1. The van der Waals surface area contributed by atoms with Crippen LogP contribution in [-0.2, 0) is 14.8 Å². The van der Waals surface area contributed by atoms with E-state index in [2.05, 4.69) is 5.32 Å². The van der Waals surface area contributed by atoms with Crippen LogP contribution >= 0.6 is 0 Å². The van der Waals surface area contributed by atoms with Crippen LogP contribution in [0.3, 0.4) is 0 Å². The van der Waals surface area contributed by atoms with Gasteiger partial charge in [0.1, 0.15) is 0 Å². The normalized spacial score (nSPS) is 19.5. The molecular weight excluding hydrogens is 314 g/mol. The lowest BCUT2D eigenvalue weighted by Crippen LogP contribution is -2.46. The second-order valence-electron chi connectivity index (χ2n) is 6.03. The van der Waals surface area contributed by atoms with Crippen molar-refractivity contribution in [3.8, 4) is 0 Å². The summed E-state index contributed by atoms with van der Waals surface area (Å²) in [7, 11) is -3.56. The SMILES string of the molecule is Cc1ccc(S(=O)(=O)N2CCCC(C(=O)NCCN)C2)cc1C. The Hall–Kier alpha value is -1.44. The number of sulfonamides is 1. The van der Waals surface area contributed by atoms with Crippen molar-refractivity contribution in [2.24, 2.45) is 11.7 Å². The Morgan fingerprint density at radius 3 is 2.74 bits per heavy atom. The molecule has 1 aliphatic rings. The average Bonchev–Trinajstić information content (AvgIpc) is 2.55. The maximum Gasteiger partial charge on any atom is 0.243 e. The van der Waals surface area contributed by atoms with Crippen LogP contribution in [0, 0.1) is 19.8 Å². The van der Waals surface area contributed by atoms with Gasteiger partial charge in [-0.25, -0.2) is 8.42 Å². The van der Waals surface area contributed by atoms with Crippen LogP contribution in [0.2, 0.25) is 0 Å². The summed E-state index contributed by atoms with van der Waals surface area (Å²) in [6, 6.07) is 5.15. The lowest BCUT2D eigenvalue weighted by Gasteiger charge is -2.31. The van der Waals surface area contributed by atoms with E-state index in [1.165, 1.54) is 4.31 Å². The number of benzene rings is 1. The van der Waals surface area contributed by atoms with Gasteiger partial charge >= 0.3 is 0 Å². The first-order valence-corrected chi connectivity index (χ1v) is 9.35. The number of carbonyl (C=O) groups excluding carboxylic acids is 1. The summed E-state index contributed by atoms with van der Waals surface area (Å²) < 4.78 is 27.0. The molecule has 0 aromatic heterocycles. The molecule has 0 radical (unpaired) electrons. The molecular formula is C16H25N3O3S. The Morgan fingerprint density at radius 2 is 2.09 bits per heavy atom. The number of carbonyl (C=O) groups is 1. The van der Waals surface area contributed by atoms with Crippen molar-refractivity contribution in [1.29, 1.82) is 0 Å². The van der Waals surface area contributed by atoms with Crippen molar-refractivity contribution >= 4 is 15.9 Å². The number of rotatable bonds is 5. The molecule has 1 fully saturated rings. The van der Waals surface area contributed by atoms with Gasteiger partial charge in [-0.05, 0) is 49.9 Å². The van der Waals surface area contributed by atoms with Crippen molar-refractivity contribution in [2.75, 3.05) is 26.2 Å². The number of hydrogen-bond donors (Lipinski definition) is 2. The van der Waals surface area contributed by atoms with E-state index in [0.717, 1.165) is 11.1 Å². The second-order valence-corrected chi connectivity index (χ2v) is 7.97. The zero-order chi connectivity index (χ0) is 17.0. The van der Waals surface area contributed by atoms with Gasteiger partial charge in [-0.3, -0.25) is 4.79 Å². The molecule has 0 bridgehead atoms. The van der Waals surface area contributed by atoms with Crippen LogP contribution in [0.1, 0.15) is 24.0 Å². The molecule has 1 aromatic carbocycles. The van der Waals surface area contributed by atoms with Crippen LogP contribution in [-0.4, -0.2) is 44.8 Å². The molecule has 7 heteroatoms. The fraction of sp³-hybridized carbons (Fsp3) is 0.562. The highest BCUT2D eigenvalue weighted by Gasteiger charge is 2.33. The van der Waals surface area contributed by atoms with E-state index in [-0.39, 0.29) is 18.4 Å². The Bertz CT molecular complexity index is 673. The van der Waals surface area contributed by atoms with Crippen molar-refractivity contribution < 1.29 is 13.2 Å². The summed E-state index contributed by atoms with van der Waals surface area (Å²) in [6.07, 6.45) is 1.39. The summed E-state index contributed by atoms with van der Waals surface area (Å²) in [5, 5.41) is 2.74. The van der Waals surface area contributed by atoms with Crippen molar-refractivity contribution in [2.45, 2.75) is 31.6 Å². The smallest absolute Gasteiger partial charge is 0.243 e. The first-order valence-electron chi connectivity index (χ1n) is 7.91. The first-order chi connectivity index (χ1) is 10.9. The fourth-order valence-corrected chi connectivity index (χ4v) is 4.35. The van der Waals surface area contributed by atoms with Crippen molar-refractivity contribution in [1.82, 2.24) is 9.62 Å². The lowest BCUT2D eigenvalue weighted by molar-refractivity contribution is -0.126. The Balaban J connectivity index is 2.16. The minimum Gasteiger partial charge on any atom is -0.355 e. The highest BCUT2D eigenvalue weighted by atomic mass is 32.2. The molecule has 23 heavy (non-hydrogen) atoms. The molecule has 1 saturated heterocycles. The van der Waals surface area contributed by atoms with Gasteiger partial charge in [0.2, 0.25) is 15.9 Å². The average molecular weight is 339 g/mol. The monoisotopic (exact) mass is 339 g/mol. The summed E-state index contributed by atoms with van der Waals surface area (Å²) in [5.41, 5.74) is 7.39. The van der Waals surface area contributed by atoms with E-state index < -0.39 is 10.0 Å². The van der Waals surface area contributed by atoms with E-state index in [0.29, 0.717) is 37.4 Å². The molecule has 1 aliphatic heterocycles. The van der Waals surface area contributed by atoms with Crippen LogP contribution in [0.5, 0.6) is 0 Å². The van der Waals surface area contributed by atoms with E-state index in [4.69, 9.17) is 5.73 Å². The van der Waals surface area contributed by atoms with Gasteiger partial charge in [-0.2, -0.15) is 4.31 Å². The molecule has 0 saturated carbocycles. The standard InChI is InChI=1S/C16H25N3O3S/c1-12-5-6-15(10-13(12)2)23(21,22)19-9-3-4-14(11-19)16(20)18-8-7-17/h5-6,10,14H,3-4,7-9,11,17H2,1-2H3,(H,18,20). The Morgan fingerprint density at radius 1 is 1.35 bits per heavy atom. The third-order valence-corrected chi connectivity index (χ3v) is 6.18. The minimum atomic E-state index is -3.56. The predicted octanol–water partition coefficient (Wildman–Crippen LogP) is 0.779. The molecule has 0 spiro atoms. The van der Waals surface area contributed by atoms with Crippen molar-refractivity contribution in [3.63, 3.8) is 0 Å². The number of amides is 1. The molecule has 3 N–H and O–H groups in total. The van der Waals surface area contributed by atoms with Gasteiger partial charge in [-0.1, -0.05) is 6.07 Å². The molecule has 1 atom stereocenters. The van der Waals surface area contributed by atoms with Gasteiger partial charge in [0.15, 0.2) is 0 Å². The quantitative estimate of drug-likeness (QED) is 0.829. The molecule has 1 aromatic rings. The van der Waals surface area contributed by atoms with Crippen LogP contribution < -0.4 is 11.1 Å². The van der Waals surface area contributed by atoms with E-state index >= 15 is 0 Å². The molecule has 6 nitrogen and oxygen atoms in total. The first kappa shape index (κ1) is 17.9. The van der Waals surface area contributed by atoms with Gasteiger partial charge in [0, 0.05) is 26.2 Å². The largest absolute Gasteiger partial charge is 0.355 e. The number of hydrogen-bond acceptors (Lipinski definition) is 4. The maximum absolute atomic E-state index is 12.8. The molecule has 1 amide bonds. The second kappa shape index (κ2) is 7.42. The van der Waals surface area contributed by atoms with Crippen LogP contribution in [0.4, 0.5) is 0 Å². The Labute approximate surface area is 138 Å². The topological polar surface area (TPSA) is 92.5 Å². The fourth-order valence-electron chi connectivity index (χ4n) is 2.74. The van der Waals surface area contributed by atoms with Gasteiger partial charge in [0.05, 0.1) is 10.8 Å². The highest BCUT2D eigenvalue weighted by molar-refractivity contribution is 7.89. The van der Waals surface area contributed by atoms with E-state index in [1.807, 2.05) is 19.9 Å². The zero-order valence-electron chi connectivity index (χ0n) is 13.7. The summed E-state index contributed by atoms with van der Waals surface area (Å²) in [6.45, 7) is 5.32. The number of nitrogens with one attached hydrogen (secondary N) is 1. The molecule has 0 aliphatic carbocycles. The number of nitrogens with zero attached hydrogens (tertiary/aromatic N) is 1. The van der Waals surface area contributed by atoms with Crippen LogP contribution in [0.15, 0.2) is 23.1 Å². The number of aryl methyl sites for hydroxylation is 2. The van der Waals surface area contributed by atoms with E-state index in [9.17, 15) is 13.2 Å². The molecule has 128 valence electrons. The highest BCUT2D eigenvalue weighted by Crippen LogP contribution is 2.25. The molecule has 1 heterocycles. The van der Waals surface area contributed by atoms with Crippen molar-refractivity contribution in [3.05, 3.63) is 29.3 Å². The van der Waals surface area contributed by atoms with Gasteiger partial charge in [0.25, 0.3) is 0 Å². The number of nitrogens with two attached hydrogens (primary N) is 1. The maximum atomic E-state index is 12.8. The lowest BCUT2D eigenvalue weighted by atomic mass is 9.99. The predicted molar refractivity (Wildman–Crippen MR) is 89.5 cm³/mol. The zero-order valence-corrected chi connectivity index (χ0v) is 14.5. The third-order valence-electron chi connectivity index (χ3n) is 4.31. The van der Waals surface area contributed by atoms with Gasteiger partial charge in [-0.15, -0.1) is 0 Å². The van der Waals surface area contributed by atoms with E-state index in [1.54, 1.807) is 12.1 Å². The third kappa shape index (κ3) is 4.10. The summed E-state index contributed by atoms with van der Waals surface area (Å²) in [4.78, 5) is 12.4. The molecule has 2 rings (SSSR count). The van der Waals surface area contributed by atoms with Crippen LogP contribution in [0.25, 0.3) is 0 Å². The summed E-state index contributed by atoms with van der Waals surface area (Å²) in [5.74, 6) is -0.424. The minimum absolute atomic E-state index is 0.115.